The van der Waals surface area contributed by atoms with Crippen molar-refractivity contribution >= 4 is 17.6 Å². The fourth-order valence-electron chi connectivity index (χ4n) is 8.54. The monoisotopic (exact) mass is 815 g/mol. The van der Waals surface area contributed by atoms with Crippen LogP contribution in [0.5, 0.6) is 5.75 Å². The normalized spacial score (nSPS) is 16.6. The Balaban J connectivity index is 1.78. The number of phenols is 1. The van der Waals surface area contributed by atoms with Crippen LogP contribution in [0.15, 0.2) is 12.1 Å². The summed E-state index contributed by atoms with van der Waals surface area (Å²) < 4.78 is 0. The molecule has 334 valence electrons. The molecule has 1 unspecified atom stereocenters. The predicted molar refractivity (Wildman–Crippen MR) is 256 cm³/mol. The van der Waals surface area contributed by atoms with Gasteiger partial charge in [0, 0.05) is 23.4 Å². The van der Waals surface area contributed by atoms with Crippen LogP contribution >= 0.6 is 11.9 Å². The lowest BCUT2D eigenvalue weighted by atomic mass is 9.79. The molecule has 1 aliphatic rings. The Kier molecular flexibility index (Phi) is 28.4. The minimum atomic E-state index is -0.327. The van der Waals surface area contributed by atoms with Gasteiger partial charge in [-0.2, -0.15) is 9.95 Å². The van der Waals surface area contributed by atoms with Crippen LogP contribution in [0.1, 0.15) is 278 Å². The summed E-state index contributed by atoms with van der Waals surface area (Å²) in [5, 5.41) is 17.6. The molecule has 4 N–H and O–H groups in total. The van der Waals surface area contributed by atoms with Crippen LogP contribution < -0.4 is 15.6 Å². The second-order valence-corrected chi connectivity index (χ2v) is 21.3. The molecule has 6 heteroatoms. The molecule has 1 heterocycles. The number of benzene rings is 1. The number of hydrazine groups is 2. The number of aromatic hydroxyl groups is 1. The minimum absolute atomic E-state index is 0.156. The highest BCUT2D eigenvalue weighted by Gasteiger charge is 2.39. The lowest BCUT2D eigenvalue weighted by molar-refractivity contribution is 0.150. The number of anilines is 1. The van der Waals surface area contributed by atoms with Gasteiger partial charge in [0.25, 0.3) is 0 Å². The fraction of sp³-hybridized carbons (Fsp3) is 0.882. The van der Waals surface area contributed by atoms with E-state index in [1.165, 1.54) is 205 Å². The molecule has 0 spiro atoms. The molecule has 1 fully saturated rings. The first kappa shape index (κ1) is 52.2. The Bertz CT molecular complexity index is 1080. The van der Waals surface area contributed by atoms with Crippen molar-refractivity contribution < 1.29 is 5.11 Å². The van der Waals surface area contributed by atoms with E-state index < -0.39 is 0 Å². The van der Waals surface area contributed by atoms with E-state index in [2.05, 4.69) is 88.2 Å². The van der Waals surface area contributed by atoms with Gasteiger partial charge in [-0.1, -0.05) is 248 Å². The molecule has 0 amide bonds. The average molecular weight is 815 g/mol. The van der Waals surface area contributed by atoms with Crippen LogP contribution in [0.25, 0.3) is 0 Å². The number of phenolic OH excluding ortho intramolecular Hbond substituents is 1. The molecule has 57 heavy (non-hydrogen) atoms. The number of nitrogens with one attached hydrogen (secondary N) is 3. The average Bonchev–Trinajstić information content (AvgIpc) is 3.56. The molecule has 0 aromatic heterocycles. The van der Waals surface area contributed by atoms with Gasteiger partial charge in [0.05, 0.1) is 0 Å². The van der Waals surface area contributed by atoms with Gasteiger partial charge in [-0.25, -0.2) is 5.43 Å². The molecule has 0 radical (unpaired) electrons. The molecular formula is C51H98N4OS. The molecule has 0 saturated carbocycles. The van der Waals surface area contributed by atoms with Gasteiger partial charge >= 0.3 is 0 Å². The first-order valence-electron chi connectivity index (χ1n) is 25.1. The smallest absolute Gasteiger partial charge is 0.166 e. The van der Waals surface area contributed by atoms with Crippen LogP contribution in [0.2, 0.25) is 0 Å². The maximum absolute atomic E-state index is 11.4. The molecule has 2 rings (SSSR count). The molecule has 1 aromatic carbocycles. The van der Waals surface area contributed by atoms with E-state index in [0.29, 0.717) is 5.75 Å². The van der Waals surface area contributed by atoms with Crippen molar-refractivity contribution in [2.75, 3.05) is 11.9 Å². The van der Waals surface area contributed by atoms with Crippen LogP contribution in [0.3, 0.4) is 0 Å². The third kappa shape index (κ3) is 24.2. The Morgan fingerprint density at radius 1 is 0.509 bits per heavy atom. The van der Waals surface area contributed by atoms with Crippen molar-refractivity contribution in [2.24, 2.45) is 0 Å². The van der Waals surface area contributed by atoms with E-state index >= 15 is 0 Å². The van der Waals surface area contributed by atoms with Gasteiger partial charge in [0.15, 0.2) is 4.99 Å². The van der Waals surface area contributed by atoms with Crippen molar-refractivity contribution in [1.82, 2.24) is 15.4 Å². The van der Waals surface area contributed by atoms with Crippen LogP contribution in [-0.4, -0.2) is 21.8 Å². The fourth-order valence-corrected chi connectivity index (χ4v) is 9.52. The molecular weight excluding hydrogens is 717 g/mol. The largest absolute Gasteiger partial charge is 0.507 e. The van der Waals surface area contributed by atoms with E-state index in [0.717, 1.165) is 29.8 Å². The van der Waals surface area contributed by atoms with Gasteiger partial charge in [-0.3, -0.25) is 0 Å². The quantitative estimate of drug-likeness (QED) is 0.0308. The molecule has 1 atom stereocenters. The van der Waals surface area contributed by atoms with Gasteiger partial charge in [0.2, 0.25) is 0 Å². The second-order valence-electron chi connectivity index (χ2n) is 20.2. The molecule has 1 aromatic rings. The van der Waals surface area contributed by atoms with Crippen molar-refractivity contribution in [2.45, 2.75) is 283 Å². The van der Waals surface area contributed by atoms with Crippen molar-refractivity contribution in [1.29, 1.82) is 0 Å². The molecule has 1 saturated heterocycles. The third-order valence-corrected chi connectivity index (χ3v) is 13.4. The summed E-state index contributed by atoms with van der Waals surface area (Å²) in [6.45, 7) is 18.8. The lowest BCUT2D eigenvalue weighted by Crippen LogP contribution is -2.51. The standard InChI is InChI=1S/C51H98N4OS/c1-9-11-13-15-17-19-21-23-25-27-29-31-33-35-37-39-41-51(52-45-43-46(49(3,4)5)48(56)47(44-45)50(6,7)8)53-55(54-57-51)42-40-38-36-34-32-30-28-26-24-22-20-18-16-14-12-10-2/h43-44,52-54,56H,9-42H2,1-8H3. The molecule has 0 bridgehead atoms. The van der Waals surface area contributed by atoms with Gasteiger partial charge < -0.3 is 10.4 Å². The maximum Gasteiger partial charge on any atom is 0.166 e. The minimum Gasteiger partial charge on any atom is -0.507 e. The zero-order chi connectivity index (χ0) is 41.7. The first-order valence-corrected chi connectivity index (χ1v) is 25.9. The SMILES string of the molecule is CCCCCCCCCCCCCCCCCCN1NSC(CCCCCCCCCCCCCCCCCC)(Nc2cc(C(C)(C)C)c(O)c(C(C)(C)C)c2)N1. The molecule has 1 aliphatic heterocycles. The predicted octanol–water partition coefficient (Wildman–Crippen LogP) is 16.9. The highest BCUT2D eigenvalue weighted by Crippen LogP contribution is 2.43. The zero-order valence-corrected chi connectivity index (χ0v) is 40.3. The third-order valence-electron chi connectivity index (χ3n) is 12.3. The number of unbranched alkanes of at least 4 members (excludes halogenated alkanes) is 30. The van der Waals surface area contributed by atoms with Crippen molar-refractivity contribution in [3.8, 4) is 5.75 Å². The summed E-state index contributed by atoms with van der Waals surface area (Å²) in [6, 6.07) is 4.39. The number of hydrogen-bond donors (Lipinski definition) is 4. The Morgan fingerprint density at radius 2 is 0.825 bits per heavy atom. The van der Waals surface area contributed by atoms with Crippen LogP contribution in [-0.2, 0) is 10.8 Å². The first-order chi connectivity index (χ1) is 27.4. The van der Waals surface area contributed by atoms with Gasteiger partial charge in [-0.05, 0) is 54.2 Å². The van der Waals surface area contributed by atoms with E-state index in [-0.39, 0.29) is 15.8 Å². The summed E-state index contributed by atoms with van der Waals surface area (Å²) >= 11 is 1.79. The second kappa shape index (κ2) is 31.0. The van der Waals surface area contributed by atoms with E-state index in [1.807, 2.05) is 0 Å². The van der Waals surface area contributed by atoms with Gasteiger partial charge in [0.1, 0.15) is 5.75 Å². The van der Waals surface area contributed by atoms with E-state index in [1.54, 1.807) is 11.9 Å². The van der Waals surface area contributed by atoms with Crippen molar-refractivity contribution in [3.05, 3.63) is 23.3 Å². The molecule has 0 aliphatic carbocycles. The zero-order valence-electron chi connectivity index (χ0n) is 39.5. The Labute approximate surface area is 360 Å². The number of rotatable bonds is 36. The summed E-state index contributed by atoms with van der Waals surface area (Å²) in [7, 11) is 0. The number of nitrogens with zero attached hydrogens (tertiary/aromatic N) is 1. The Morgan fingerprint density at radius 3 is 1.16 bits per heavy atom. The van der Waals surface area contributed by atoms with Crippen LogP contribution in [0, 0.1) is 0 Å². The highest BCUT2D eigenvalue weighted by atomic mass is 32.2. The topological polar surface area (TPSA) is 59.6 Å². The summed E-state index contributed by atoms with van der Waals surface area (Å²) in [5.41, 5.74) is 6.70. The van der Waals surface area contributed by atoms with Gasteiger partial charge in [-0.15, -0.1) is 0 Å². The lowest BCUT2D eigenvalue weighted by Gasteiger charge is -2.33. The summed E-state index contributed by atoms with van der Waals surface area (Å²) in [4.78, 5) is 3.33. The van der Waals surface area contributed by atoms with Crippen molar-refractivity contribution in [3.63, 3.8) is 0 Å². The molecule has 5 nitrogen and oxygen atoms in total. The van der Waals surface area contributed by atoms with E-state index in [4.69, 9.17) is 0 Å². The van der Waals surface area contributed by atoms with E-state index in [9.17, 15) is 5.11 Å². The van der Waals surface area contributed by atoms with Crippen LogP contribution in [0.4, 0.5) is 5.69 Å². The maximum atomic E-state index is 11.4. The summed E-state index contributed by atoms with van der Waals surface area (Å²) in [5.74, 6) is 0.447. The highest BCUT2D eigenvalue weighted by molar-refractivity contribution is 7.99. The summed E-state index contributed by atoms with van der Waals surface area (Å²) in [6.07, 6.45) is 45.6. The Hall–Kier alpha value is -0.950. The number of hydrogen-bond acceptors (Lipinski definition) is 6.